The molecule has 0 radical (unpaired) electrons. The van der Waals surface area contributed by atoms with E-state index in [9.17, 15) is 18.0 Å². The molecule has 0 unspecified atom stereocenters. The molecule has 2 aromatic carbocycles. The first-order valence-electron chi connectivity index (χ1n) is 8.60. The number of benzene rings is 2. The first kappa shape index (κ1) is 20.2. The number of rotatable bonds is 6. The van der Waals surface area contributed by atoms with Gasteiger partial charge in [0.2, 0.25) is 0 Å². The van der Waals surface area contributed by atoms with Crippen molar-refractivity contribution in [2.75, 3.05) is 5.32 Å². The highest BCUT2D eigenvalue weighted by atomic mass is 19.4. The Kier molecular flexibility index (Phi) is 5.76. The standard InChI is InChI=1S/C20H18F3N3O3/c1-13-3-4-14(2)18(11-13)28-12-26-10-9-17(25-26)19(27)24-15-5-7-16(8-6-15)29-20(21,22)23/h3-11H,12H2,1-2H3,(H,24,27). The molecule has 3 aromatic rings. The second-order valence-corrected chi connectivity index (χ2v) is 6.31. The van der Waals surface area contributed by atoms with Gasteiger partial charge in [0.1, 0.15) is 11.5 Å². The monoisotopic (exact) mass is 405 g/mol. The third kappa shape index (κ3) is 5.74. The Labute approximate surface area is 164 Å². The van der Waals surface area contributed by atoms with Crippen LogP contribution in [0.25, 0.3) is 0 Å². The molecule has 0 aliphatic rings. The normalized spacial score (nSPS) is 11.2. The second-order valence-electron chi connectivity index (χ2n) is 6.31. The summed E-state index contributed by atoms with van der Waals surface area (Å²) in [6.07, 6.45) is -3.17. The quantitative estimate of drug-likeness (QED) is 0.646. The van der Waals surface area contributed by atoms with E-state index < -0.39 is 12.3 Å². The fraction of sp³-hybridized carbons (Fsp3) is 0.200. The molecular weight excluding hydrogens is 387 g/mol. The molecular formula is C20H18F3N3O3. The highest BCUT2D eigenvalue weighted by molar-refractivity contribution is 6.02. The summed E-state index contributed by atoms with van der Waals surface area (Å²) < 4.78 is 47.5. The lowest BCUT2D eigenvalue weighted by molar-refractivity contribution is -0.274. The molecule has 0 spiro atoms. The molecule has 0 saturated carbocycles. The fourth-order valence-corrected chi connectivity index (χ4v) is 2.49. The predicted molar refractivity (Wildman–Crippen MR) is 99.8 cm³/mol. The lowest BCUT2D eigenvalue weighted by Gasteiger charge is -2.10. The van der Waals surface area contributed by atoms with Gasteiger partial charge in [0.25, 0.3) is 5.91 Å². The summed E-state index contributed by atoms with van der Waals surface area (Å²) in [5.74, 6) is -0.143. The SMILES string of the molecule is Cc1ccc(C)c(OCn2ccc(C(=O)Nc3ccc(OC(F)(F)F)cc3)n2)c1. The highest BCUT2D eigenvalue weighted by Crippen LogP contribution is 2.24. The van der Waals surface area contributed by atoms with Crippen LogP contribution >= 0.6 is 0 Å². The van der Waals surface area contributed by atoms with Crippen LogP contribution in [-0.2, 0) is 6.73 Å². The average Bonchev–Trinajstić information content (AvgIpc) is 3.12. The van der Waals surface area contributed by atoms with Gasteiger partial charge < -0.3 is 14.8 Å². The van der Waals surface area contributed by atoms with E-state index >= 15 is 0 Å². The van der Waals surface area contributed by atoms with Gasteiger partial charge in [0, 0.05) is 11.9 Å². The van der Waals surface area contributed by atoms with Crippen molar-refractivity contribution in [3.63, 3.8) is 0 Å². The Morgan fingerprint density at radius 1 is 1.10 bits per heavy atom. The van der Waals surface area contributed by atoms with Crippen LogP contribution in [0.2, 0.25) is 0 Å². The minimum atomic E-state index is -4.77. The zero-order valence-corrected chi connectivity index (χ0v) is 15.7. The van der Waals surface area contributed by atoms with Crippen molar-refractivity contribution in [2.45, 2.75) is 26.9 Å². The molecule has 0 aliphatic carbocycles. The number of halogens is 3. The largest absolute Gasteiger partial charge is 0.573 e. The van der Waals surface area contributed by atoms with Gasteiger partial charge in [-0.2, -0.15) is 5.10 Å². The maximum Gasteiger partial charge on any atom is 0.573 e. The van der Waals surface area contributed by atoms with Gasteiger partial charge in [-0.25, -0.2) is 4.68 Å². The first-order chi connectivity index (χ1) is 13.7. The van der Waals surface area contributed by atoms with Gasteiger partial charge in [-0.3, -0.25) is 4.79 Å². The molecule has 1 heterocycles. The van der Waals surface area contributed by atoms with Crippen molar-refractivity contribution in [3.05, 3.63) is 71.5 Å². The number of nitrogens with zero attached hydrogens (tertiary/aromatic N) is 2. The molecule has 6 nitrogen and oxygen atoms in total. The minimum Gasteiger partial charge on any atom is -0.471 e. The average molecular weight is 405 g/mol. The Balaban J connectivity index is 1.58. The number of anilines is 1. The maximum absolute atomic E-state index is 12.3. The number of aromatic nitrogens is 2. The van der Waals surface area contributed by atoms with Crippen molar-refractivity contribution in [2.24, 2.45) is 0 Å². The Morgan fingerprint density at radius 2 is 1.83 bits per heavy atom. The lowest BCUT2D eigenvalue weighted by atomic mass is 10.1. The maximum atomic E-state index is 12.3. The molecule has 0 bridgehead atoms. The Hall–Kier alpha value is -3.49. The topological polar surface area (TPSA) is 65.4 Å². The summed E-state index contributed by atoms with van der Waals surface area (Å²) in [7, 11) is 0. The summed E-state index contributed by atoms with van der Waals surface area (Å²) in [5, 5.41) is 6.71. The van der Waals surface area contributed by atoms with Gasteiger partial charge in [0.05, 0.1) is 0 Å². The van der Waals surface area contributed by atoms with E-state index in [1.807, 2.05) is 32.0 Å². The molecule has 1 amide bonds. The molecule has 152 valence electrons. The number of ether oxygens (including phenoxy) is 2. The van der Waals surface area contributed by atoms with E-state index in [2.05, 4.69) is 15.2 Å². The number of nitrogens with one attached hydrogen (secondary N) is 1. The Morgan fingerprint density at radius 3 is 2.52 bits per heavy atom. The molecule has 1 N–H and O–H groups in total. The molecule has 3 rings (SSSR count). The lowest BCUT2D eigenvalue weighted by Crippen LogP contribution is -2.17. The minimum absolute atomic E-state index is 0.126. The number of carbonyl (C=O) groups is 1. The molecule has 29 heavy (non-hydrogen) atoms. The van der Waals surface area contributed by atoms with Crippen molar-refractivity contribution in [1.82, 2.24) is 9.78 Å². The summed E-state index contributed by atoms with van der Waals surface area (Å²) in [6, 6.07) is 12.2. The predicted octanol–water partition coefficient (Wildman–Crippen LogP) is 4.69. The van der Waals surface area contributed by atoms with E-state index in [1.165, 1.54) is 22.9 Å². The van der Waals surface area contributed by atoms with Crippen LogP contribution in [0, 0.1) is 13.8 Å². The fourth-order valence-electron chi connectivity index (χ4n) is 2.49. The van der Waals surface area contributed by atoms with E-state index in [1.54, 1.807) is 6.20 Å². The molecule has 0 atom stereocenters. The van der Waals surface area contributed by atoms with Crippen molar-refractivity contribution in [3.8, 4) is 11.5 Å². The number of amides is 1. The first-order valence-corrected chi connectivity index (χ1v) is 8.60. The Bertz CT molecular complexity index is 998. The van der Waals surface area contributed by atoms with Crippen LogP contribution < -0.4 is 14.8 Å². The second kappa shape index (κ2) is 8.26. The molecule has 0 saturated heterocycles. The van der Waals surface area contributed by atoms with E-state index in [0.29, 0.717) is 5.69 Å². The van der Waals surface area contributed by atoms with Crippen LogP contribution in [0.3, 0.4) is 0 Å². The van der Waals surface area contributed by atoms with Crippen molar-refractivity contribution < 1.29 is 27.4 Å². The summed E-state index contributed by atoms with van der Waals surface area (Å²) in [5.41, 5.74) is 2.51. The molecule has 0 aliphatic heterocycles. The van der Waals surface area contributed by atoms with Gasteiger partial charge in [-0.1, -0.05) is 12.1 Å². The van der Waals surface area contributed by atoms with Crippen LogP contribution in [0.5, 0.6) is 11.5 Å². The van der Waals surface area contributed by atoms with Crippen LogP contribution in [0.1, 0.15) is 21.6 Å². The van der Waals surface area contributed by atoms with Crippen LogP contribution in [0.4, 0.5) is 18.9 Å². The number of hydrogen-bond acceptors (Lipinski definition) is 4. The molecule has 9 heteroatoms. The number of aryl methyl sites for hydroxylation is 2. The number of hydrogen-bond donors (Lipinski definition) is 1. The highest BCUT2D eigenvalue weighted by Gasteiger charge is 2.31. The molecule has 0 fully saturated rings. The van der Waals surface area contributed by atoms with Crippen molar-refractivity contribution in [1.29, 1.82) is 0 Å². The zero-order chi connectivity index (χ0) is 21.0. The number of carbonyl (C=O) groups excluding carboxylic acids is 1. The van der Waals surface area contributed by atoms with E-state index in [4.69, 9.17) is 4.74 Å². The third-order valence-corrected chi connectivity index (χ3v) is 3.92. The van der Waals surface area contributed by atoms with Crippen LogP contribution in [0.15, 0.2) is 54.7 Å². The smallest absolute Gasteiger partial charge is 0.471 e. The van der Waals surface area contributed by atoms with E-state index in [0.717, 1.165) is 29.0 Å². The third-order valence-electron chi connectivity index (χ3n) is 3.92. The summed E-state index contributed by atoms with van der Waals surface area (Å²) in [4.78, 5) is 12.3. The molecule has 1 aromatic heterocycles. The van der Waals surface area contributed by atoms with Crippen molar-refractivity contribution >= 4 is 11.6 Å². The van der Waals surface area contributed by atoms with Gasteiger partial charge in [-0.15, -0.1) is 13.2 Å². The zero-order valence-electron chi connectivity index (χ0n) is 15.7. The van der Waals surface area contributed by atoms with Gasteiger partial charge >= 0.3 is 6.36 Å². The number of alkyl halides is 3. The van der Waals surface area contributed by atoms with Gasteiger partial charge in [-0.05, 0) is 61.4 Å². The summed E-state index contributed by atoms with van der Waals surface area (Å²) in [6.45, 7) is 4.02. The van der Waals surface area contributed by atoms with Crippen LogP contribution in [-0.4, -0.2) is 22.1 Å². The van der Waals surface area contributed by atoms with Gasteiger partial charge in [0.15, 0.2) is 12.4 Å². The van der Waals surface area contributed by atoms with E-state index in [-0.39, 0.29) is 18.2 Å². The summed E-state index contributed by atoms with van der Waals surface area (Å²) >= 11 is 0.